The minimum atomic E-state index is -1.38. The Kier molecular flexibility index (Phi) is 9.08. The number of unbranched alkanes of at least 4 members (excludes halogenated alkanes) is 1. The Morgan fingerprint density at radius 1 is 1.08 bits per heavy atom. The van der Waals surface area contributed by atoms with E-state index in [4.69, 9.17) is 0 Å². The number of carboxylic acid groups (broad SMARTS) is 1. The fourth-order valence-corrected chi connectivity index (χ4v) is 5.06. The predicted molar refractivity (Wildman–Crippen MR) is 141 cm³/mol. The summed E-state index contributed by atoms with van der Waals surface area (Å²) in [6.45, 7) is 8.03. The molecule has 0 saturated carbocycles. The summed E-state index contributed by atoms with van der Waals surface area (Å²) in [5, 5.41) is 13.0. The van der Waals surface area contributed by atoms with Gasteiger partial charge in [-0.25, -0.2) is 4.79 Å². The van der Waals surface area contributed by atoms with Gasteiger partial charge < -0.3 is 15.3 Å². The van der Waals surface area contributed by atoms with E-state index in [-0.39, 0.29) is 12.3 Å². The summed E-state index contributed by atoms with van der Waals surface area (Å²) in [4.78, 5) is 55.3. The second kappa shape index (κ2) is 12.0. The van der Waals surface area contributed by atoms with E-state index in [1.165, 1.54) is 0 Å². The number of nitrogens with one attached hydrogen (secondary N) is 1. The van der Waals surface area contributed by atoms with Crippen molar-refractivity contribution in [2.24, 2.45) is 5.41 Å². The first kappa shape index (κ1) is 27.9. The monoisotopic (exact) mass is 507 g/mol. The molecule has 1 unspecified atom stereocenters. The van der Waals surface area contributed by atoms with E-state index in [0.717, 1.165) is 16.0 Å². The highest BCUT2D eigenvalue weighted by Gasteiger charge is 2.53. The average Bonchev–Trinajstić information content (AvgIpc) is 3.09. The summed E-state index contributed by atoms with van der Waals surface area (Å²) in [5.74, 6) is -2.06. The predicted octanol–water partition coefficient (Wildman–Crippen LogP) is 4.41. The highest BCUT2D eigenvalue weighted by Crippen LogP contribution is 2.37. The van der Waals surface area contributed by atoms with Gasteiger partial charge in [-0.15, -0.1) is 0 Å². The maximum atomic E-state index is 13.6. The lowest BCUT2D eigenvalue weighted by molar-refractivity contribution is -0.143. The van der Waals surface area contributed by atoms with Crippen LogP contribution in [0.15, 0.2) is 60.7 Å². The van der Waals surface area contributed by atoms with Gasteiger partial charge in [0.25, 0.3) is 5.91 Å². The summed E-state index contributed by atoms with van der Waals surface area (Å²) in [5.41, 5.74) is 0.998. The van der Waals surface area contributed by atoms with Crippen molar-refractivity contribution in [2.75, 3.05) is 6.54 Å². The SMILES string of the molecule is CCCC[C@@H](C(=O)C(=O)N[C@H](C)c1ccccc1)N(C(=O)O)C1C(=O)N(Cc2ccccc2)CC1(C)C. The van der Waals surface area contributed by atoms with E-state index in [1.807, 2.05) is 81.4 Å². The van der Waals surface area contributed by atoms with Crippen molar-refractivity contribution < 1.29 is 24.3 Å². The third-order valence-corrected chi connectivity index (χ3v) is 6.94. The number of amides is 3. The minimum Gasteiger partial charge on any atom is -0.465 e. The largest absolute Gasteiger partial charge is 0.465 e. The van der Waals surface area contributed by atoms with Gasteiger partial charge in [-0.2, -0.15) is 0 Å². The number of Topliss-reactive ketones (excluding diaryl/α,β-unsaturated/α-hetero) is 1. The molecule has 0 aromatic heterocycles. The molecule has 8 nitrogen and oxygen atoms in total. The molecule has 1 fully saturated rings. The van der Waals surface area contributed by atoms with Gasteiger partial charge in [0.2, 0.25) is 11.7 Å². The smallest absolute Gasteiger partial charge is 0.408 e. The highest BCUT2D eigenvalue weighted by atomic mass is 16.4. The molecule has 198 valence electrons. The van der Waals surface area contributed by atoms with Gasteiger partial charge in [0.1, 0.15) is 12.1 Å². The van der Waals surface area contributed by atoms with Crippen LogP contribution in [-0.4, -0.2) is 57.2 Å². The summed E-state index contributed by atoms with van der Waals surface area (Å²) in [7, 11) is 0. The van der Waals surface area contributed by atoms with E-state index < -0.39 is 41.3 Å². The summed E-state index contributed by atoms with van der Waals surface area (Å²) >= 11 is 0. The molecule has 2 aromatic carbocycles. The Labute approximate surface area is 218 Å². The molecule has 0 spiro atoms. The van der Waals surface area contributed by atoms with Crippen molar-refractivity contribution in [3.63, 3.8) is 0 Å². The van der Waals surface area contributed by atoms with E-state index in [2.05, 4.69) is 5.32 Å². The average molecular weight is 508 g/mol. The van der Waals surface area contributed by atoms with Crippen LogP contribution >= 0.6 is 0 Å². The van der Waals surface area contributed by atoms with Crippen molar-refractivity contribution >= 4 is 23.7 Å². The first-order valence-corrected chi connectivity index (χ1v) is 12.8. The van der Waals surface area contributed by atoms with Crippen molar-refractivity contribution in [3.05, 3.63) is 71.8 Å². The van der Waals surface area contributed by atoms with Crippen LogP contribution in [0.4, 0.5) is 4.79 Å². The number of ketones is 1. The topological polar surface area (TPSA) is 107 Å². The quantitative estimate of drug-likeness (QED) is 0.438. The van der Waals surface area contributed by atoms with Crippen molar-refractivity contribution in [1.29, 1.82) is 0 Å². The number of likely N-dealkylation sites (tertiary alicyclic amines) is 1. The molecule has 0 aliphatic carbocycles. The zero-order valence-corrected chi connectivity index (χ0v) is 22.0. The maximum absolute atomic E-state index is 13.6. The van der Waals surface area contributed by atoms with Gasteiger partial charge in [-0.3, -0.25) is 19.3 Å². The van der Waals surface area contributed by atoms with Gasteiger partial charge >= 0.3 is 6.09 Å². The number of benzene rings is 2. The van der Waals surface area contributed by atoms with Crippen LogP contribution in [0.2, 0.25) is 0 Å². The Bertz CT molecular complexity index is 1100. The van der Waals surface area contributed by atoms with Crippen LogP contribution in [0.3, 0.4) is 0 Å². The number of nitrogens with zero attached hydrogens (tertiary/aromatic N) is 2. The molecule has 2 N–H and O–H groups in total. The van der Waals surface area contributed by atoms with Crippen LogP contribution in [0.1, 0.15) is 64.1 Å². The molecule has 37 heavy (non-hydrogen) atoms. The lowest BCUT2D eigenvalue weighted by Gasteiger charge is -2.37. The molecule has 1 saturated heterocycles. The summed E-state index contributed by atoms with van der Waals surface area (Å²) in [6, 6.07) is 15.9. The summed E-state index contributed by atoms with van der Waals surface area (Å²) < 4.78 is 0. The lowest BCUT2D eigenvalue weighted by Crippen LogP contribution is -2.58. The fourth-order valence-electron chi connectivity index (χ4n) is 5.06. The standard InChI is InChI=1S/C29H37N3O5/c1-5-6-17-23(24(33)26(34)30-20(2)22-15-11-8-12-16-22)32(28(36)37)25-27(35)31(19-29(25,3)4)18-21-13-9-7-10-14-21/h7-16,20,23,25H,5-6,17-19H2,1-4H3,(H,30,34)(H,36,37)/t20-,23+,25?/m1/s1. The molecule has 1 aliphatic rings. The van der Waals surface area contributed by atoms with Crippen LogP contribution < -0.4 is 5.32 Å². The molecule has 2 aromatic rings. The van der Waals surface area contributed by atoms with E-state index in [0.29, 0.717) is 25.9 Å². The molecule has 1 heterocycles. The number of carbonyl (C=O) groups is 4. The number of carbonyl (C=O) groups excluding carboxylic acids is 3. The van der Waals surface area contributed by atoms with Crippen molar-refractivity contribution in [1.82, 2.24) is 15.1 Å². The van der Waals surface area contributed by atoms with Crippen LogP contribution in [0.5, 0.6) is 0 Å². The van der Waals surface area contributed by atoms with Crippen molar-refractivity contribution in [2.45, 2.75) is 71.6 Å². The van der Waals surface area contributed by atoms with Crippen LogP contribution in [0, 0.1) is 5.41 Å². The third kappa shape index (κ3) is 6.56. The second-order valence-corrected chi connectivity index (χ2v) is 10.4. The molecular weight excluding hydrogens is 470 g/mol. The molecule has 8 heteroatoms. The van der Waals surface area contributed by atoms with Gasteiger partial charge in [-0.1, -0.05) is 94.3 Å². The second-order valence-electron chi connectivity index (χ2n) is 10.4. The van der Waals surface area contributed by atoms with Gasteiger partial charge in [-0.05, 0) is 24.5 Å². The lowest BCUT2D eigenvalue weighted by atomic mass is 9.85. The van der Waals surface area contributed by atoms with E-state index in [9.17, 15) is 24.3 Å². The van der Waals surface area contributed by atoms with Crippen molar-refractivity contribution in [3.8, 4) is 0 Å². The Morgan fingerprint density at radius 2 is 1.68 bits per heavy atom. The Morgan fingerprint density at radius 3 is 2.24 bits per heavy atom. The normalized spacial score (nSPS) is 18.2. The molecule has 0 radical (unpaired) electrons. The fraction of sp³-hybridized carbons (Fsp3) is 0.448. The minimum absolute atomic E-state index is 0.160. The van der Waals surface area contributed by atoms with Gasteiger partial charge in [0.05, 0.1) is 6.04 Å². The zero-order chi connectivity index (χ0) is 27.2. The first-order valence-electron chi connectivity index (χ1n) is 12.8. The van der Waals surface area contributed by atoms with Gasteiger partial charge in [0, 0.05) is 18.5 Å². The molecule has 3 amide bonds. The zero-order valence-electron chi connectivity index (χ0n) is 22.0. The third-order valence-electron chi connectivity index (χ3n) is 6.94. The van der Waals surface area contributed by atoms with E-state index in [1.54, 1.807) is 11.8 Å². The highest BCUT2D eigenvalue weighted by molar-refractivity contribution is 6.38. The van der Waals surface area contributed by atoms with Crippen LogP contribution in [-0.2, 0) is 20.9 Å². The molecular formula is C29H37N3O5. The molecule has 3 atom stereocenters. The Balaban J connectivity index is 1.87. The number of rotatable bonds is 11. The maximum Gasteiger partial charge on any atom is 0.408 e. The number of hydrogen-bond donors (Lipinski definition) is 2. The first-order chi connectivity index (χ1) is 17.6. The van der Waals surface area contributed by atoms with E-state index >= 15 is 0 Å². The summed E-state index contributed by atoms with van der Waals surface area (Å²) in [6.07, 6.45) is 0.0252. The molecule has 3 rings (SSSR count). The molecule has 0 bridgehead atoms. The Hall–Kier alpha value is -3.68. The van der Waals surface area contributed by atoms with Crippen LogP contribution in [0.25, 0.3) is 0 Å². The number of hydrogen-bond acceptors (Lipinski definition) is 4. The van der Waals surface area contributed by atoms with Gasteiger partial charge in [0.15, 0.2) is 0 Å². The molecule has 1 aliphatic heterocycles.